The number of aliphatic carboxylic acids is 1. The second kappa shape index (κ2) is 4.91. The summed E-state index contributed by atoms with van der Waals surface area (Å²) in [5.41, 5.74) is 2.19. The zero-order chi connectivity index (χ0) is 12.3. The largest absolute Gasteiger partial charge is 0.497 e. The molecule has 4 heteroatoms. The highest BCUT2D eigenvalue weighted by Gasteiger charge is 2.06. The summed E-state index contributed by atoms with van der Waals surface area (Å²) < 4.78 is 5.18. The minimum Gasteiger partial charge on any atom is -0.497 e. The van der Waals surface area contributed by atoms with E-state index in [1.807, 2.05) is 24.4 Å². The fourth-order valence-corrected chi connectivity index (χ4v) is 1.92. The standard InChI is InChI=1S/C13H15NO3/c1-17-10-5-6-12-11(7-10)9(8-14-12)3-2-4-13(15)16/h5-8,14H,2-4H2,1H3,(H,15,16). The van der Waals surface area contributed by atoms with Gasteiger partial charge in [0.15, 0.2) is 0 Å². The molecule has 17 heavy (non-hydrogen) atoms. The molecule has 90 valence electrons. The molecule has 2 aromatic rings. The summed E-state index contributed by atoms with van der Waals surface area (Å²) in [5.74, 6) is 0.0685. The molecule has 1 aromatic carbocycles. The van der Waals surface area contributed by atoms with Crippen molar-refractivity contribution in [1.29, 1.82) is 0 Å². The molecule has 0 saturated heterocycles. The summed E-state index contributed by atoms with van der Waals surface area (Å²) in [6.07, 6.45) is 3.56. The van der Waals surface area contributed by atoms with E-state index in [2.05, 4.69) is 4.98 Å². The van der Waals surface area contributed by atoms with Crippen LogP contribution in [-0.4, -0.2) is 23.2 Å². The van der Waals surface area contributed by atoms with Crippen LogP contribution in [0, 0.1) is 0 Å². The van der Waals surface area contributed by atoms with Gasteiger partial charge in [0.05, 0.1) is 7.11 Å². The Morgan fingerprint density at radius 2 is 2.29 bits per heavy atom. The molecule has 0 radical (unpaired) electrons. The number of carbonyl (C=O) groups is 1. The van der Waals surface area contributed by atoms with Crippen LogP contribution in [-0.2, 0) is 11.2 Å². The smallest absolute Gasteiger partial charge is 0.303 e. The molecular weight excluding hydrogens is 218 g/mol. The number of carboxylic acids is 1. The van der Waals surface area contributed by atoms with Crippen molar-refractivity contribution in [1.82, 2.24) is 4.98 Å². The van der Waals surface area contributed by atoms with E-state index in [0.717, 1.165) is 28.6 Å². The third-order valence-corrected chi connectivity index (χ3v) is 2.81. The van der Waals surface area contributed by atoms with Crippen LogP contribution < -0.4 is 4.74 Å². The maximum absolute atomic E-state index is 10.5. The molecule has 0 saturated carbocycles. The number of benzene rings is 1. The quantitative estimate of drug-likeness (QED) is 0.834. The number of methoxy groups -OCH3 is 1. The Hall–Kier alpha value is -1.97. The Morgan fingerprint density at radius 3 is 3.00 bits per heavy atom. The van der Waals surface area contributed by atoms with E-state index < -0.39 is 5.97 Å². The predicted octanol–water partition coefficient (Wildman–Crippen LogP) is 2.58. The van der Waals surface area contributed by atoms with Crippen molar-refractivity contribution in [2.45, 2.75) is 19.3 Å². The van der Waals surface area contributed by atoms with Crippen LogP contribution >= 0.6 is 0 Å². The Bertz CT molecular complexity index is 530. The summed E-state index contributed by atoms with van der Waals surface area (Å²) in [6.45, 7) is 0. The van der Waals surface area contributed by atoms with E-state index in [9.17, 15) is 4.79 Å². The molecule has 2 N–H and O–H groups in total. The molecule has 0 fully saturated rings. The fraction of sp³-hybridized carbons (Fsp3) is 0.308. The molecule has 0 aliphatic rings. The first-order valence-electron chi connectivity index (χ1n) is 5.56. The van der Waals surface area contributed by atoms with Crippen molar-refractivity contribution < 1.29 is 14.6 Å². The number of aromatic amines is 1. The van der Waals surface area contributed by atoms with E-state index in [1.165, 1.54) is 0 Å². The van der Waals surface area contributed by atoms with E-state index >= 15 is 0 Å². The van der Waals surface area contributed by atoms with E-state index in [0.29, 0.717) is 6.42 Å². The van der Waals surface area contributed by atoms with Crippen molar-refractivity contribution in [3.05, 3.63) is 30.0 Å². The normalized spacial score (nSPS) is 10.6. The maximum atomic E-state index is 10.5. The number of rotatable bonds is 5. The Kier molecular flexibility index (Phi) is 3.32. The molecule has 4 nitrogen and oxygen atoms in total. The molecular formula is C13H15NO3. The number of ether oxygens (including phenoxy) is 1. The van der Waals surface area contributed by atoms with E-state index in [-0.39, 0.29) is 6.42 Å². The molecule has 1 heterocycles. The lowest BCUT2D eigenvalue weighted by Gasteiger charge is -2.01. The summed E-state index contributed by atoms with van der Waals surface area (Å²) in [7, 11) is 1.64. The first-order chi connectivity index (χ1) is 8.20. The second-order valence-corrected chi connectivity index (χ2v) is 3.97. The van der Waals surface area contributed by atoms with Gasteiger partial charge >= 0.3 is 5.97 Å². The van der Waals surface area contributed by atoms with Crippen LogP contribution in [0.1, 0.15) is 18.4 Å². The Morgan fingerprint density at radius 1 is 1.47 bits per heavy atom. The first kappa shape index (κ1) is 11.5. The number of fused-ring (bicyclic) bond motifs is 1. The van der Waals surface area contributed by atoms with Crippen LogP contribution in [0.3, 0.4) is 0 Å². The number of hydrogen-bond donors (Lipinski definition) is 2. The number of hydrogen-bond acceptors (Lipinski definition) is 2. The van der Waals surface area contributed by atoms with Crippen molar-refractivity contribution in [2.75, 3.05) is 7.11 Å². The minimum atomic E-state index is -0.748. The van der Waals surface area contributed by atoms with Gasteiger partial charge < -0.3 is 14.8 Å². The number of carboxylic acid groups (broad SMARTS) is 1. The maximum Gasteiger partial charge on any atom is 0.303 e. The molecule has 1 aromatic heterocycles. The summed E-state index contributed by atoms with van der Waals surface area (Å²) in [6, 6.07) is 5.84. The lowest BCUT2D eigenvalue weighted by atomic mass is 10.1. The Labute approximate surface area is 99.2 Å². The highest BCUT2D eigenvalue weighted by atomic mass is 16.5. The summed E-state index contributed by atoms with van der Waals surface area (Å²) in [5, 5.41) is 9.72. The van der Waals surface area contributed by atoms with Gasteiger partial charge in [-0.3, -0.25) is 4.79 Å². The van der Waals surface area contributed by atoms with Gasteiger partial charge in [-0.15, -0.1) is 0 Å². The van der Waals surface area contributed by atoms with Gasteiger partial charge in [-0.05, 0) is 36.6 Å². The molecule has 0 bridgehead atoms. The summed E-state index contributed by atoms with van der Waals surface area (Å²) in [4.78, 5) is 13.6. The number of aromatic nitrogens is 1. The molecule has 0 spiro atoms. The lowest BCUT2D eigenvalue weighted by Crippen LogP contribution is -1.95. The van der Waals surface area contributed by atoms with Crippen molar-refractivity contribution in [3.8, 4) is 5.75 Å². The number of aryl methyl sites for hydroxylation is 1. The topological polar surface area (TPSA) is 62.3 Å². The van der Waals surface area contributed by atoms with Crippen molar-refractivity contribution >= 4 is 16.9 Å². The van der Waals surface area contributed by atoms with Crippen LogP contribution in [0.2, 0.25) is 0 Å². The van der Waals surface area contributed by atoms with Crippen molar-refractivity contribution in [2.24, 2.45) is 0 Å². The third-order valence-electron chi connectivity index (χ3n) is 2.81. The highest BCUT2D eigenvalue weighted by molar-refractivity contribution is 5.84. The van der Waals surface area contributed by atoms with Crippen molar-refractivity contribution in [3.63, 3.8) is 0 Å². The van der Waals surface area contributed by atoms with Crippen LogP contribution in [0.5, 0.6) is 5.75 Å². The first-order valence-corrected chi connectivity index (χ1v) is 5.56. The number of H-pyrrole nitrogens is 1. The average Bonchev–Trinajstić information content (AvgIpc) is 2.71. The van der Waals surface area contributed by atoms with E-state index in [1.54, 1.807) is 7.11 Å². The molecule has 0 aliphatic carbocycles. The van der Waals surface area contributed by atoms with Gasteiger partial charge in [0.2, 0.25) is 0 Å². The molecule has 0 amide bonds. The van der Waals surface area contributed by atoms with Gasteiger partial charge in [-0.25, -0.2) is 0 Å². The minimum absolute atomic E-state index is 0.205. The SMILES string of the molecule is COc1ccc2[nH]cc(CCCC(=O)O)c2c1. The second-order valence-electron chi connectivity index (χ2n) is 3.97. The monoisotopic (exact) mass is 233 g/mol. The molecule has 0 aliphatic heterocycles. The van der Waals surface area contributed by atoms with Gasteiger partial charge in [0.25, 0.3) is 0 Å². The fourth-order valence-electron chi connectivity index (χ4n) is 1.92. The zero-order valence-electron chi connectivity index (χ0n) is 9.69. The van der Waals surface area contributed by atoms with Crippen LogP contribution in [0.25, 0.3) is 10.9 Å². The zero-order valence-corrected chi connectivity index (χ0v) is 9.69. The highest BCUT2D eigenvalue weighted by Crippen LogP contribution is 2.24. The predicted molar refractivity (Wildman–Crippen MR) is 65.4 cm³/mol. The third kappa shape index (κ3) is 2.58. The van der Waals surface area contributed by atoms with Crippen LogP contribution in [0.4, 0.5) is 0 Å². The average molecular weight is 233 g/mol. The van der Waals surface area contributed by atoms with Gasteiger partial charge in [0.1, 0.15) is 5.75 Å². The molecule has 0 atom stereocenters. The molecule has 0 unspecified atom stereocenters. The van der Waals surface area contributed by atoms with E-state index in [4.69, 9.17) is 9.84 Å². The Balaban J connectivity index is 2.19. The van der Waals surface area contributed by atoms with Gasteiger partial charge in [0, 0.05) is 23.5 Å². The molecule has 2 rings (SSSR count). The lowest BCUT2D eigenvalue weighted by molar-refractivity contribution is -0.137. The van der Waals surface area contributed by atoms with Gasteiger partial charge in [-0.1, -0.05) is 0 Å². The summed E-state index contributed by atoms with van der Waals surface area (Å²) >= 11 is 0. The van der Waals surface area contributed by atoms with Gasteiger partial charge in [-0.2, -0.15) is 0 Å². The number of nitrogens with one attached hydrogen (secondary N) is 1. The van der Waals surface area contributed by atoms with Crippen LogP contribution in [0.15, 0.2) is 24.4 Å².